The van der Waals surface area contributed by atoms with Crippen molar-refractivity contribution in [2.45, 2.75) is 26.8 Å². The maximum Gasteiger partial charge on any atom is 0.226 e. The molecule has 0 saturated heterocycles. The zero-order chi connectivity index (χ0) is 16.4. The lowest BCUT2D eigenvalue weighted by molar-refractivity contribution is -0.118. The Bertz CT molecular complexity index is 697. The van der Waals surface area contributed by atoms with Crippen molar-refractivity contribution in [2.75, 3.05) is 30.0 Å². The zero-order valence-corrected chi connectivity index (χ0v) is 13.8. The summed E-state index contributed by atoms with van der Waals surface area (Å²) in [7, 11) is 1.82. The number of fused-ring (bicyclic) bond motifs is 1. The van der Waals surface area contributed by atoms with E-state index in [1.165, 1.54) is 0 Å². The maximum absolute atomic E-state index is 12.0. The number of benzene rings is 1. The van der Waals surface area contributed by atoms with E-state index in [9.17, 15) is 4.79 Å². The number of hydrogen-bond acceptors (Lipinski definition) is 4. The number of nitrogens with one attached hydrogen (secondary N) is 1. The van der Waals surface area contributed by atoms with E-state index in [1.807, 2.05) is 39.2 Å². The number of carbonyl (C=O) groups is 1. The van der Waals surface area contributed by atoms with Gasteiger partial charge in [-0.3, -0.25) is 4.79 Å². The summed E-state index contributed by atoms with van der Waals surface area (Å²) >= 11 is 0. The molecule has 3 rings (SSSR count). The summed E-state index contributed by atoms with van der Waals surface area (Å²) in [5.41, 5.74) is 4.02. The first-order chi connectivity index (χ1) is 11.1. The lowest BCUT2D eigenvalue weighted by Gasteiger charge is -2.33. The number of aromatic amines is 1. The van der Waals surface area contributed by atoms with E-state index in [2.05, 4.69) is 14.9 Å². The summed E-state index contributed by atoms with van der Waals surface area (Å²) < 4.78 is 5.85. The number of carbonyl (C=O) groups excluding carboxylic acids is 1. The molecule has 1 amide bonds. The number of nitrogens with zero attached hydrogens (tertiary/aromatic N) is 3. The van der Waals surface area contributed by atoms with E-state index < -0.39 is 0 Å². The molecule has 1 aromatic heterocycles. The number of anilines is 2. The number of ether oxygens (including phenoxy) is 1. The molecule has 122 valence electrons. The highest BCUT2D eigenvalue weighted by atomic mass is 16.5. The summed E-state index contributed by atoms with van der Waals surface area (Å²) in [6.45, 7) is 6.10. The molecule has 0 spiro atoms. The van der Waals surface area contributed by atoms with E-state index >= 15 is 0 Å². The Morgan fingerprint density at radius 1 is 1.48 bits per heavy atom. The van der Waals surface area contributed by atoms with Crippen LogP contribution in [0.1, 0.15) is 24.6 Å². The van der Waals surface area contributed by atoms with Crippen LogP contribution in [-0.2, 0) is 11.3 Å². The number of hydrogen-bond donors (Lipinski definition) is 1. The second kappa shape index (κ2) is 6.32. The van der Waals surface area contributed by atoms with E-state index in [0.29, 0.717) is 13.0 Å². The van der Waals surface area contributed by atoms with Crippen molar-refractivity contribution in [3.05, 3.63) is 35.9 Å². The van der Waals surface area contributed by atoms with Crippen molar-refractivity contribution in [2.24, 2.45) is 0 Å². The Balaban J connectivity index is 1.96. The van der Waals surface area contributed by atoms with E-state index in [-0.39, 0.29) is 5.91 Å². The average Bonchev–Trinajstić information content (AvgIpc) is 3.07. The molecule has 0 atom stereocenters. The highest BCUT2D eigenvalue weighted by Gasteiger charge is 2.23. The molecule has 6 nitrogen and oxygen atoms in total. The van der Waals surface area contributed by atoms with Crippen LogP contribution in [0.4, 0.5) is 11.4 Å². The van der Waals surface area contributed by atoms with Gasteiger partial charge in [-0.1, -0.05) is 6.92 Å². The number of H-pyrrole nitrogens is 1. The molecule has 0 unspecified atom stereocenters. The van der Waals surface area contributed by atoms with Crippen LogP contribution >= 0.6 is 0 Å². The SMILES string of the molecule is CCC(=O)N(C)c1cc(C)c2c(c1)N(Cc1cnc[nH]1)CCO2. The minimum absolute atomic E-state index is 0.0983. The number of rotatable bonds is 4. The van der Waals surface area contributed by atoms with Crippen molar-refractivity contribution in [1.29, 1.82) is 0 Å². The Labute approximate surface area is 136 Å². The highest BCUT2D eigenvalue weighted by Crippen LogP contribution is 2.39. The van der Waals surface area contributed by atoms with E-state index in [0.717, 1.165) is 41.5 Å². The fourth-order valence-corrected chi connectivity index (χ4v) is 2.85. The molecule has 0 radical (unpaired) electrons. The molecule has 2 heterocycles. The van der Waals surface area contributed by atoms with Gasteiger partial charge in [-0.05, 0) is 24.6 Å². The standard InChI is InChI=1S/C17H22N4O2/c1-4-16(22)20(3)14-7-12(2)17-15(8-14)21(5-6-23-17)10-13-9-18-11-19-13/h7-9,11H,4-6,10H2,1-3H3,(H,18,19). The van der Waals surface area contributed by atoms with Crippen LogP contribution in [0.3, 0.4) is 0 Å². The van der Waals surface area contributed by atoms with Gasteiger partial charge >= 0.3 is 0 Å². The number of imidazole rings is 1. The molecule has 1 N–H and O–H groups in total. The van der Waals surface area contributed by atoms with Crippen LogP contribution in [0.25, 0.3) is 0 Å². The van der Waals surface area contributed by atoms with Gasteiger partial charge in [0.1, 0.15) is 12.4 Å². The fraction of sp³-hybridized carbons (Fsp3) is 0.412. The van der Waals surface area contributed by atoms with Crippen LogP contribution < -0.4 is 14.5 Å². The number of aryl methyl sites for hydroxylation is 1. The van der Waals surface area contributed by atoms with Crippen LogP contribution in [0, 0.1) is 6.92 Å². The molecule has 0 bridgehead atoms. The first-order valence-electron chi connectivity index (χ1n) is 7.86. The number of amides is 1. The summed E-state index contributed by atoms with van der Waals surface area (Å²) in [6.07, 6.45) is 4.01. The zero-order valence-electron chi connectivity index (χ0n) is 13.8. The van der Waals surface area contributed by atoms with E-state index in [4.69, 9.17) is 4.74 Å². The van der Waals surface area contributed by atoms with Gasteiger partial charge < -0.3 is 19.5 Å². The molecule has 0 aliphatic carbocycles. The van der Waals surface area contributed by atoms with Crippen molar-refractivity contribution in [3.63, 3.8) is 0 Å². The predicted molar refractivity (Wildman–Crippen MR) is 90.0 cm³/mol. The monoisotopic (exact) mass is 314 g/mol. The molecule has 1 aliphatic heterocycles. The number of aromatic nitrogens is 2. The molecule has 1 aliphatic rings. The minimum Gasteiger partial charge on any atom is -0.489 e. The van der Waals surface area contributed by atoms with Crippen molar-refractivity contribution in [1.82, 2.24) is 9.97 Å². The van der Waals surface area contributed by atoms with Crippen LogP contribution in [0.2, 0.25) is 0 Å². The average molecular weight is 314 g/mol. The van der Waals surface area contributed by atoms with Gasteiger partial charge in [0.05, 0.1) is 30.8 Å². The lowest BCUT2D eigenvalue weighted by Crippen LogP contribution is -2.33. The van der Waals surface area contributed by atoms with Gasteiger partial charge in [-0.25, -0.2) is 4.98 Å². The predicted octanol–water partition coefficient (Wildman–Crippen LogP) is 2.49. The molecular weight excluding hydrogens is 292 g/mol. The third-order valence-electron chi connectivity index (χ3n) is 4.17. The second-order valence-corrected chi connectivity index (χ2v) is 5.76. The van der Waals surface area contributed by atoms with Crippen LogP contribution in [0.15, 0.2) is 24.7 Å². The van der Waals surface area contributed by atoms with Crippen LogP contribution in [0.5, 0.6) is 5.75 Å². The van der Waals surface area contributed by atoms with Gasteiger partial charge in [0.2, 0.25) is 5.91 Å². The Morgan fingerprint density at radius 3 is 3.00 bits per heavy atom. The third-order valence-corrected chi connectivity index (χ3v) is 4.17. The highest BCUT2D eigenvalue weighted by molar-refractivity contribution is 5.93. The van der Waals surface area contributed by atoms with Crippen molar-refractivity contribution < 1.29 is 9.53 Å². The minimum atomic E-state index is 0.0983. The normalized spacial score (nSPS) is 13.4. The Morgan fingerprint density at radius 2 is 2.30 bits per heavy atom. The topological polar surface area (TPSA) is 61.5 Å². The third kappa shape index (κ3) is 3.02. The van der Waals surface area contributed by atoms with E-state index in [1.54, 1.807) is 11.2 Å². The van der Waals surface area contributed by atoms with Crippen LogP contribution in [-0.4, -0.2) is 36.1 Å². The van der Waals surface area contributed by atoms with Crippen molar-refractivity contribution >= 4 is 17.3 Å². The molecule has 0 fully saturated rings. The Hall–Kier alpha value is -2.50. The lowest BCUT2D eigenvalue weighted by atomic mass is 10.1. The quantitative estimate of drug-likeness (QED) is 0.942. The van der Waals surface area contributed by atoms with Gasteiger partial charge in [-0.15, -0.1) is 0 Å². The van der Waals surface area contributed by atoms with Gasteiger partial charge in [-0.2, -0.15) is 0 Å². The molecule has 6 heteroatoms. The summed E-state index contributed by atoms with van der Waals surface area (Å²) in [5, 5.41) is 0. The maximum atomic E-state index is 12.0. The molecule has 2 aromatic rings. The van der Waals surface area contributed by atoms with Gasteiger partial charge in [0.25, 0.3) is 0 Å². The first-order valence-corrected chi connectivity index (χ1v) is 7.86. The molecule has 0 saturated carbocycles. The molecular formula is C17H22N4O2. The van der Waals surface area contributed by atoms with Crippen molar-refractivity contribution in [3.8, 4) is 5.75 Å². The second-order valence-electron chi connectivity index (χ2n) is 5.76. The molecule has 1 aromatic carbocycles. The smallest absolute Gasteiger partial charge is 0.226 e. The summed E-state index contributed by atoms with van der Waals surface area (Å²) in [5.74, 6) is 0.998. The summed E-state index contributed by atoms with van der Waals surface area (Å²) in [6, 6.07) is 4.04. The fourth-order valence-electron chi connectivity index (χ4n) is 2.85. The van der Waals surface area contributed by atoms with Gasteiger partial charge in [0, 0.05) is 25.4 Å². The largest absolute Gasteiger partial charge is 0.489 e. The summed E-state index contributed by atoms with van der Waals surface area (Å²) in [4.78, 5) is 23.2. The Kier molecular flexibility index (Phi) is 4.23. The van der Waals surface area contributed by atoms with Gasteiger partial charge in [0.15, 0.2) is 0 Å². The molecule has 23 heavy (non-hydrogen) atoms. The first kappa shape index (κ1) is 15.4.